The molecule has 94 valence electrons. The number of pyridine rings is 1. The molecule has 1 aromatic carbocycles. The Hall–Kier alpha value is -2.83. The molecule has 0 aliphatic carbocycles. The van der Waals surface area contributed by atoms with E-state index in [4.69, 9.17) is 0 Å². The van der Waals surface area contributed by atoms with Crippen molar-refractivity contribution in [3.8, 4) is 5.82 Å². The number of rotatable bonds is 2. The summed E-state index contributed by atoms with van der Waals surface area (Å²) in [5.74, 6) is 0.511. The molecule has 2 heterocycles. The molecule has 7 heteroatoms. The van der Waals surface area contributed by atoms with E-state index in [1.807, 2.05) is 24.3 Å². The normalized spacial score (nSPS) is 10.8. The van der Waals surface area contributed by atoms with Crippen LogP contribution in [0.5, 0.6) is 0 Å². The van der Waals surface area contributed by atoms with Gasteiger partial charge in [0.1, 0.15) is 11.7 Å². The Morgan fingerprint density at radius 3 is 2.84 bits per heavy atom. The molecule has 0 amide bonds. The Kier molecular flexibility index (Phi) is 2.45. The molecule has 7 nitrogen and oxygen atoms in total. The van der Waals surface area contributed by atoms with E-state index in [1.54, 1.807) is 17.7 Å². The van der Waals surface area contributed by atoms with Crippen LogP contribution in [0.3, 0.4) is 0 Å². The number of fused-ring (bicyclic) bond motifs is 1. The molecular formula is C12H9N5O2. The third-order valence-electron chi connectivity index (χ3n) is 2.83. The van der Waals surface area contributed by atoms with Gasteiger partial charge in [0.05, 0.1) is 10.4 Å². The van der Waals surface area contributed by atoms with Crippen LogP contribution in [-0.2, 0) is 0 Å². The average molecular weight is 255 g/mol. The SMILES string of the molecule is Cc1cc(-n2nnc3ccccc32)ncc1[N+](=O)[O-]. The van der Waals surface area contributed by atoms with E-state index in [9.17, 15) is 10.1 Å². The van der Waals surface area contributed by atoms with Gasteiger partial charge in [-0.2, -0.15) is 4.68 Å². The molecule has 0 N–H and O–H groups in total. The lowest BCUT2D eigenvalue weighted by Crippen LogP contribution is -2.02. The van der Waals surface area contributed by atoms with Gasteiger partial charge in [-0.25, -0.2) is 4.98 Å². The van der Waals surface area contributed by atoms with E-state index >= 15 is 0 Å². The fraction of sp³-hybridized carbons (Fsp3) is 0.0833. The Labute approximate surface area is 107 Å². The first-order valence-corrected chi connectivity index (χ1v) is 5.58. The van der Waals surface area contributed by atoms with Crippen molar-refractivity contribution >= 4 is 16.7 Å². The number of nitrogens with zero attached hydrogens (tertiary/aromatic N) is 5. The third kappa shape index (κ3) is 1.81. The topological polar surface area (TPSA) is 86.7 Å². The molecule has 0 spiro atoms. The Balaban J connectivity index is 2.17. The van der Waals surface area contributed by atoms with E-state index in [-0.39, 0.29) is 5.69 Å². The minimum absolute atomic E-state index is 0.00632. The van der Waals surface area contributed by atoms with E-state index in [0.29, 0.717) is 11.4 Å². The maximum Gasteiger partial charge on any atom is 0.290 e. The quantitative estimate of drug-likeness (QED) is 0.516. The highest BCUT2D eigenvalue weighted by Crippen LogP contribution is 2.20. The maximum atomic E-state index is 10.8. The smallest absolute Gasteiger partial charge is 0.258 e. The first-order chi connectivity index (χ1) is 9.16. The minimum atomic E-state index is -0.453. The summed E-state index contributed by atoms with van der Waals surface area (Å²) >= 11 is 0. The fourth-order valence-corrected chi connectivity index (χ4v) is 1.88. The summed E-state index contributed by atoms with van der Waals surface area (Å²) in [4.78, 5) is 14.4. The maximum absolute atomic E-state index is 10.8. The number of hydrogen-bond donors (Lipinski definition) is 0. The first kappa shape index (κ1) is 11.3. The largest absolute Gasteiger partial charge is 0.290 e. The summed E-state index contributed by atoms with van der Waals surface area (Å²) in [6.45, 7) is 1.67. The van der Waals surface area contributed by atoms with Gasteiger partial charge in [-0.1, -0.05) is 17.3 Å². The van der Waals surface area contributed by atoms with Gasteiger partial charge in [-0.15, -0.1) is 5.10 Å². The van der Waals surface area contributed by atoms with Crippen LogP contribution in [0.4, 0.5) is 5.69 Å². The van der Waals surface area contributed by atoms with Gasteiger partial charge in [0.25, 0.3) is 5.69 Å². The molecule has 0 saturated carbocycles. The van der Waals surface area contributed by atoms with Crippen molar-refractivity contribution in [2.75, 3.05) is 0 Å². The van der Waals surface area contributed by atoms with Gasteiger partial charge in [-0.3, -0.25) is 10.1 Å². The zero-order valence-electron chi connectivity index (χ0n) is 10.0. The lowest BCUT2D eigenvalue weighted by atomic mass is 10.2. The van der Waals surface area contributed by atoms with Crippen LogP contribution in [0.1, 0.15) is 5.56 Å². The molecule has 0 aliphatic rings. The highest BCUT2D eigenvalue weighted by Gasteiger charge is 2.14. The van der Waals surface area contributed by atoms with Gasteiger partial charge >= 0.3 is 0 Å². The fourth-order valence-electron chi connectivity index (χ4n) is 1.88. The van der Waals surface area contributed by atoms with Crippen molar-refractivity contribution in [3.63, 3.8) is 0 Å². The molecule has 0 atom stereocenters. The van der Waals surface area contributed by atoms with Crippen LogP contribution in [0.25, 0.3) is 16.9 Å². The lowest BCUT2D eigenvalue weighted by Gasteiger charge is -2.02. The standard InChI is InChI=1S/C12H9N5O2/c1-8-6-12(13-7-11(8)17(18)19)16-10-5-3-2-4-9(10)14-15-16/h2-7H,1H3. The zero-order chi connectivity index (χ0) is 13.4. The number of para-hydroxylation sites is 1. The van der Waals surface area contributed by atoms with Gasteiger partial charge in [0, 0.05) is 5.56 Å². The number of aryl methyl sites for hydroxylation is 1. The number of benzene rings is 1. The van der Waals surface area contributed by atoms with Crippen molar-refractivity contribution in [1.29, 1.82) is 0 Å². The number of aromatic nitrogens is 4. The van der Waals surface area contributed by atoms with E-state index in [2.05, 4.69) is 15.3 Å². The Bertz CT molecular complexity index is 781. The summed E-state index contributed by atoms with van der Waals surface area (Å²) in [5, 5.41) is 18.8. The second kappa shape index (κ2) is 4.13. The predicted octanol–water partition coefficient (Wildman–Crippen LogP) is 2.03. The number of hydrogen-bond acceptors (Lipinski definition) is 5. The summed E-state index contributed by atoms with van der Waals surface area (Å²) in [6, 6.07) is 9.08. The molecule has 2 aromatic heterocycles. The molecule has 0 radical (unpaired) electrons. The third-order valence-corrected chi connectivity index (χ3v) is 2.83. The van der Waals surface area contributed by atoms with Crippen LogP contribution in [0.2, 0.25) is 0 Å². The predicted molar refractivity (Wildman–Crippen MR) is 68.1 cm³/mol. The summed E-state index contributed by atoms with van der Waals surface area (Å²) in [7, 11) is 0. The Morgan fingerprint density at radius 1 is 1.32 bits per heavy atom. The van der Waals surface area contributed by atoms with Crippen LogP contribution >= 0.6 is 0 Å². The van der Waals surface area contributed by atoms with Crippen molar-refractivity contribution < 1.29 is 4.92 Å². The van der Waals surface area contributed by atoms with Crippen molar-refractivity contribution in [1.82, 2.24) is 20.0 Å². The monoisotopic (exact) mass is 255 g/mol. The molecular weight excluding hydrogens is 246 g/mol. The van der Waals surface area contributed by atoms with Crippen LogP contribution < -0.4 is 0 Å². The highest BCUT2D eigenvalue weighted by molar-refractivity contribution is 5.75. The minimum Gasteiger partial charge on any atom is -0.258 e. The van der Waals surface area contributed by atoms with Crippen molar-refractivity contribution in [3.05, 3.63) is 52.2 Å². The lowest BCUT2D eigenvalue weighted by molar-refractivity contribution is -0.385. The molecule has 0 unspecified atom stereocenters. The van der Waals surface area contributed by atoms with E-state index < -0.39 is 4.92 Å². The molecule has 0 aliphatic heterocycles. The molecule has 0 fully saturated rings. The zero-order valence-corrected chi connectivity index (χ0v) is 10.0. The number of nitro groups is 1. The van der Waals surface area contributed by atoms with Gasteiger partial charge in [-0.05, 0) is 25.1 Å². The molecule has 3 rings (SSSR count). The van der Waals surface area contributed by atoms with Gasteiger partial charge < -0.3 is 0 Å². The second-order valence-electron chi connectivity index (χ2n) is 4.08. The highest BCUT2D eigenvalue weighted by atomic mass is 16.6. The van der Waals surface area contributed by atoms with E-state index in [0.717, 1.165) is 11.0 Å². The van der Waals surface area contributed by atoms with Crippen LogP contribution in [0, 0.1) is 17.0 Å². The van der Waals surface area contributed by atoms with E-state index in [1.165, 1.54) is 6.20 Å². The van der Waals surface area contributed by atoms with Gasteiger partial charge in [0.2, 0.25) is 0 Å². The van der Waals surface area contributed by atoms with Gasteiger partial charge in [0.15, 0.2) is 5.82 Å². The molecule has 3 aromatic rings. The molecule has 0 saturated heterocycles. The average Bonchev–Trinajstić information content (AvgIpc) is 2.82. The molecule has 19 heavy (non-hydrogen) atoms. The summed E-state index contributed by atoms with van der Waals surface area (Å²) in [5.41, 5.74) is 2.09. The summed E-state index contributed by atoms with van der Waals surface area (Å²) < 4.78 is 1.56. The van der Waals surface area contributed by atoms with Crippen molar-refractivity contribution in [2.24, 2.45) is 0 Å². The van der Waals surface area contributed by atoms with Crippen LogP contribution in [-0.4, -0.2) is 24.9 Å². The summed E-state index contributed by atoms with van der Waals surface area (Å²) in [6.07, 6.45) is 1.24. The Morgan fingerprint density at radius 2 is 2.11 bits per heavy atom. The van der Waals surface area contributed by atoms with Crippen molar-refractivity contribution in [2.45, 2.75) is 6.92 Å². The first-order valence-electron chi connectivity index (χ1n) is 5.58. The van der Waals surface area contributed by atoms with Crippen LogP contribution in [0.15, 0.2) is 36.5 Å². The molecule has 0 bridgehead atoms. The second-order valence-corrected chi connectivity index (χ2v) is 4.08.